The smallest absolute Gasteiger partial charge is 0.317 e. The molecule has 16 heavy (non-hydrogen) atoms. The van der Waals surface area contributed by atoms with Crippen LogP contribution in [0.3, 0.4) is 0 Å². The van der Waals surface area contributed by atoms with E-state index >= 15 is 0 Å². The number of benzene rings is 1. The zero-order chi connectivity index (χ0) is 11.4. The molecule has 0 aromatic heterocycles. The fourth-order valence-electron chi connectivity index (χ4n) is 1.60. The van der Waals surface area contributed by atoms with Gasteiger partial charge in [0, 0.05) is 0 Å². The van der Waals surface area contributed by atoms with Crippen molar-refractivity contribution in [2.75, 3.05) is 18.2 Å². The molecule has 4 nitrogen and oxygen atoms in total. The highest BCUT2D eigenvalue weighted by atomic mass is 16.6. The number of allylic oxidation sites excluding steroid dienone is 1. The fourth-order valence-corrected chi connectivity index (χ4v) is 1.60. The number of amidine groups is 1. The first-order valence-electron chi connectivity index (χ1n) is 5.18. The highest BCUT2D eigenvalue weighted by molar-refractivity contribution is 5.90. The van der Waals surface area contributed by atoms with E-state index in [4.69, 9.17) is 4.74 Å². The standard InChI is InChI=1S/C12H14N2O2/c1-2-5-10-6-3-4-7-11(10)14(15)12-13-8-9-16-12/h2-4,6-7,15H,1,5,8-9H2. The van der Waals surface area contributed by atoms with E-state index in [0.29, 0.717) is 25.3 Å². The number of para-hydroxylation sites is 1. The van der Waals surface area contributed by atoms with E-state index in [2.05, 4.69) is 11.6 Å². The highest BCUT2D eigenvalue weighted by Crippen LogP contribution is 2.21. The molecule has 1 aromatic carbocycles. The number of hydrogen-bond donors (Lipinski definition) is 1. The Kier molecular flexibility index (Phi) is 3.22. The Hall–Kier alpha value is -1.81. The second-order valence-corrected chi connectivity index (χ2v) is 3.45. The van der Waals surface area contributed by atoms with Crippen LogP contribution in [0.1, 0.15) is 5.56 Å². The number of ether oxygens (including phenoxy) is 1. The van der Waals surface area contributed by atoms with Gasteiger partial charge in [-0.15, -0.1) is 6.58 Å². The highest BCUT2D eigenvalue weighted by Gasteiger charge is 2.18. The van der Waals surface area contributed by atoms with Crippen molar-refractivity contribution in [2.45, 2.75) is 6.42 Å². The van der Waals surface area contributed by atoms with Gasteiger partial charge < -0.3 is 4.74 Å². The zero-order valence-electron chi connectivity index (χ0n) is 8.97. The van der Waals surface area contributed by atoms with Crippen LogP contribution in [0.5, 0.6) is 0 Å². The minimum atomic E-state index is 0.261. The van der Waals surface area contributed by atoms with Crippen LogP contribution in [0.25, 0.3) is 0 Å². The predicted molar refractivity (Wildman–Crippen MR) is 62.9 cm³/mol. The van der Waals surface area contributed by atoms with Crippen molar-refractivity contribution in [1.29, 1.82) is 0 Å². The van der Waals surface area contributed by atoms with Crippen LogP contribution in [0.15, 0.2) is 41.9 Å². The minimum absolute atomic E-state index is 0.261. The van der Waals surface area contributed by atoms with Gasteiger partial charge in [-0.05, 0) is 18.1 Å². The molecule has 2 rings (SSSR count). The Labute approximate surface area is 94.4 Å². The average molecular weight is 218 g/mol. The van der Waals surface area contributed by atoms with Crippen molar-refractivity contribution in [1.82, 2.24) is 0 Å². The van der Waals surface area contributed by atoms with Gasteiger partial charge in [-0.1, -0.05) is 24.3 Å². The SMILES string of the molecule is C=CCc1ccccc1N(O)C1=NCCO1. The number of aliphatic imine (C=N–C) groups is 1. The number of rotatable bonds is 3. The fraction of sp³-hybridized carbons (Fsp3) is 0.250. The lowest BCUT2D eigenvalue weighted by molar-refractivity contribution is 0.252. The van der Waals surface area contributed by atoms with Crippen molar-refractivity contribution in [3.05, 3.63) is 42.5 Å². The predicted octanol–water partition coefficient (Wildman–Crippen LogP) is 2.00. The molecule has 1 aliphatic rings. The molecule has 0 spiro atoms. The third kappa shape index (κ3) is 2.06. The summed E-state index contributed by atoms with van der Waals surface area (Å²) in [5.74, 6) is 0. The van der Waals surface area contributed by atoms with E-state index in [9.17, 15) is 5.21 Å². The van der Waals surface area contributed by atoms with Crippen molar-refractivity contribution < 1.29 is 9.94 Å². The summed E-state index contributed by atoms with van der Waals surface area (Å²) in [6.45, 7) is 4.81. The minimum Gasteiger partial charge on any atom is -0.461 e. The molecular weight excluding hydrogens is 204 g/mol. The van der Waals surface area contributed by atoms with Crippen LogP contribution in [-0.2, 0) is 11.2 Å². The van der Waals surface area contributed by atoms with E-state index in [0.717, 1.165) is 10.6 Å². The lowest BCUT2D eigenvalue weighted by Crippen LogP contribution is -2.28. The normalized spacial score (nSPS) is 14.2. The molecular formula is C12H14N2O2. The molecule has 1 aromatic rings. The zero-order valence-corrected chi connectivity index (χ0v) is 8.97. The van der Waals surface area contributed by atoms with Gasteiger partial charge >= 0.3 is 6.02 Å². The average Bonchev–Trinajstić information content (AvgIpc) is 2.83. The van der Waals surface area contributed by atoms with Crippen LogP contribution >= 0.6 is 0 Å². The Morgan fingerprint density at radius 2 is 2.31 bits per heavy atom. The molecule has 1 N–H and O–H groups in total. The molecule has 0 amide bonds. The maximum atomic E-state index is 9.97. The molecule has 0 unspecified atom stereocenters. The Balaban J connectivity index is 2.27. The van der Waals surface area contributed by atoms with Gasteiger partial charge in [0.05, 0.1) is 12.2 Å². The summed E-state index contributed by atoms with van der Waals surface area (Å²) >= 11 is 0. The summed E-state index contributed by atoms with van der Waals surface area (Å²) in [5, 5.41) is 11.0. The number of hydroxylamine groups is 1. The first-order valence-corrected chi connectivity index (χ1v) is 5.18. The Morgan fingerprint density at radius 1 is 1.50 bits per heavy atom. The molecule has 0 saturated carbocycles. The lowest BCUT2D eigenvalue weighted by atomic mass is 10.1. The Bertz CT molecular complexity index is 415. The first kappa shape index (κ1) is 10.7. The summed E-state index contributed by atoms with van der Waals surface area (Å²) in [5.41, 5.74) is 1.67. The van der Waals surface area contributed by atoms with Crippen molar-refractivity contribution >= 4 is 11.7 Å². The summed E-state index contributed by atoms with van der Waals surface area (Å²) < 4.78 is 5.20. The molecule has 1 heterocycles. The summed E-state index contributed by atoms with van der Waals surface area (Å²) in [6.07, 6.45) is 2.49. The summed E-state index contributed by atoms with van der Waals surface area (Å²) in [4.78, 5) is 4.06. The van der Waals surface area contributed by atoms with Crippen LogP contribution in [0.2, 0.25) is 0 Å². The third-order valence-corrected chi connectivity index (χ3v) is 2.33. The number of nitrogens with zero attached hydrogens (tertiary/aromatic N) is 2. The van der Waals surface area contributed by atoms with Crippen LogP contribution in [0, 0.1) is 0 Å². The van der Waals surface area contributed by atoms with E-state index in [1.54, 1.807) is 6.08 Å². The van der Waals surface area contributed by atoms with Crippen molar-refractivity contribution in [3.63, 3.8) is 0 Å². The molecule has 0 bridgehead atoms. The summed E-state index contributed by atoms with van der Waals surface area (Å²) in [6, 6.07) is 7.81. The monoisotopic (exact) mass is 218 g/mol. The molecule has 0 atom stereocenters. The van der Waals surface area contributed by atoms with Crippen LogP contribution in [-0.4, -0.2) is 24.4 Å². The summed E-state index contributed by atoms with van der Waals surface area (Å²) in [7, 11) is 0. The van der Waals surface area contributed by atoms with Gasteiger partial charge in [-0.3, -0.25) is 5.21 Å². The van der Waals surface area contributed by atoms with Gasteiger partial charge in [0.15, 0.2) is 0 Å². The van der Waals surface area contributed by atoms with E-state index < -0.39 is 0 Å². The molecule has 0 aliphatic carbocycles. The third-order valence-electron chi connectivity index (χ3n) is 2.33. The second-order valence-electron chi connectivity index (χ2n) is 3.45. The lowest BCUT2D eigenvalue weighted by Gasteiger charge is -2.18. The van der Waals surface area contributed by atoms with Gasteiger partial charge in [-0.25, -0.2) is 4.99 Å². The molecule has 0 fully saturated rings. The van der Waals surface area contributed by atoms with Crippen molar-refractivity contribution in [2.24, 2.45) is 4.99 Å². The van der Waals surface area contributed by atoms with E-state index in [1.807, 2.05) is 24.3 Å². The van der Waals surface area contributed by atoms with E-state index in [1.165, 1.54) is 0 Å². The van der Waals surface area contributed by atoms with Crippen LogP contribution in [0.4, 0.5) is 5.69 Å². The van der Waals surface area contributed by atoms with Gasteiger partial charge in [-0.2, -0.15) is 5.06 Å². The number of hydrogen-bond acceptors (Lipinski definition) is 4. The quantitative estimate of drug-likeness (QED) is 0.623. The van der Waals surface area contributed by atoms with Crippen molar-refractivity contribution in [3.8, 4) is 0 Å². The first-order chi connectivity index (χ1) is 7.83. The van der Waals surface area contributed by atoms with Gasteiger partial charge in [0.1, 0.15) is 6.61 Å². The van der Waals surface area contributed by atoms with Crippen LogP contribution < -0.4 is 5.06 Å². The molecule has 0 saturated heterocycles. The van der Waals surface area contributed by atoms with E-state index in [-0.39, 0.29) is 6.02 Å². The maximum Gasteiger partial charge on any atom is 0.317 e. The Morgan fingerprint density at radius 3 is 3.00 bits per heavy atom. The number of anilines is 1. The topological polar surface area (TPSA) is 45.1 Å². The molecule has 0 radical (unpaired) electrons. The maximum absolute atomic E-state index is 9.97. The second kappa shape index (κ2) is 4.81. The molecule has 84 valence electrons. The molecule has 4 heteroatoms. The van der Waals surface area contributed by atoms with Gasteiger partial charge in [0.2, 0.25) is 0 Å². The largest absolute Gasteiger partial charge is 0.461 e. The van der Waals surface area contributed by atoms with Gasteiger partial charge in [0.25, 0.3) is 0 Å². The molecule has 1 aliphatic heterocycles.